The van der Waals surface area contributed by atoms with Crippen molar-refractivity contribution in [2.24, 2.45) is 4.99 Å². The second kappa shape index (κ2) is 13.3. The fourth-order valence-electron chi connectivity index (χ4n) is 2.67. The fourth-order valence-corrected chi connectivity index (χ4v) is 2.67. The molecule has 1 aliphatic heterocycles. The fraction of sp³-hybridized carbons (Fsp3) is 0.632. The molecule has 6 nitrogen and oxygen atoms in total. The van der Waals surface area contributed by atoms with E-state index in [9.17, 15) is 5.11 Å². The van der Waals surface area contributed by atoms with E-state index in [0.29, 0.717) is 32.1 Å². The molecular formula is C19H32IN3O3. The Kier molecular flexibility index (Phi) is 11.8. The summed E-state index contributed by atoms with van der Waals surface area (Å²) in [5.74, 6) is 0.702. The van der Waals surface area contributed by atoms with Crippen LogP contribution in [0.15, 0.2) is 35.3 Å². The van der Waals surface area contributed by atoms with Crippen molar-refractivity contribution >= 4 is 29.9 Å². The number of benzene rings is 1. The van der Waals surface area contributed by atoms with E-state index >= 15 is 0 Å². The summed E-state index contributed by atoms with van der Waals surface area (Å²) < 4.78 is 11.1. The number of halogens is 1. The van der Waals surface area contributed by atoms with Gasteiger partial charge in [-0.1, -0.05) is 30.3 Å². The van der Waals surface area contributed by atoms with Gasteiger partial charge in [0.25, 0.3) is 0 Å². The van der Waals surface area contributed by atoms with Gasteiger partial charge in [0.1, 0.15) is 0 Å². The van der Waals surface area contributed by atoms with Crippen LogP contribution in [0.4, 0.5) is 0 Å². The minimum absolute atomic E-state index is 0. The molecule has 3 atom stereocenters. The van der Waals surface area contributed by atoms with Crippen LogP contribution in [-0.2, 0) is 15.9 Å². The number of rotatable bonds is 9. The summed E-state index contributed by atoms with van der Waals surface area (Å²) in [6.45, 7) is 7.28. The summed E-state index contributed by atoms with van der Waals surface area (Å²) in [6, 6.07) is 10.1. The van der Waals surface area contributed by atoms with Gasteiger partial charge >= 0.3 is 0 Å². The summed E-state index contributed by atoms with van der Waals surface area (Å²) in [4.78, 5) is 4.49. The lowest BCUT2D eigenvalue weighted by molar-refractivity contribution is 0.0347. The van der Waals surface area contributed by atoms with Crippen LogP contribution in [0.2, 0.25) is 0 Å². The third-order valence-corrected chi connectivity index (χ3v) is 3.97. The number of aliphatic imine (C=N–C) groups is 1. The molecule has 3 N–H and O–H groups in total. The van der Waals surface area contributed by atoms with Crippen molar-refractivity contribution in [2.45, 2.75) is 44.9 Å². The van der Waals surface area contributed by atoms with Gasteiger partial charge in [0.05, 0.1) is 32.0 Å². The maximum absolute atomic E-state index is 10.2. The third-order valence-electron chi connectivity index (χ3n) is 3.97. The van der Waals surface area contributed by atoms with E-state index in [4.69, 9.17) is 9.47 Å². The molecule has 0 bridgehead atoms. The van der Waals surface area contributed by atoms with E-state index in [-0.39, 0.29) is 36.1 Å². The van der Waals surface area contributed by atoms with Crippen LogP contribution < -0.4 is 10.6 Å². The Bertz CT molecular complexity index is 510. The van der Waals surface area contributed by atoms with Crippen molar-refractivity contribution < 1.29 is 14.6 Å². The van der Waals surface area contributed by atoms with Gasteiger partial charge in [-0.25, -0.2) is 0 Å². The van der Waals surface area contributed by atoms with Crippen molar-refractivity contribution in [2.75, 3.05) is 32.9 Å². The van der Waals surface area contributed by atoms with Crippen molar-refractivity contribution in [3.05, 3.63) is 35.9 Å². The molecule has 7 heteroatoms. The van der Waals surface area contributed by atoms with Crippen LogP contribution in [0.5, 0.6) is 0 Å². The predicted octanol–water partition coefficient (Wildman–Crippen LogP) is 1.96. The molecule has 1 heterocycles. The van der Waals surface area contributed by atoms with Gasteiger partial charge in [-0.15, -0.1) is 24.0 Å². The maximum Gasteiger partial charge on any atom is 0.191 e. The first kappa shape index (κ1) is 23.1. The Morgan fingerprint density at radius 2 is 2.15 bits per heavy atom. The normalized spacial score (nSPS) is 19.5. The topological polar surface area (TPSA) is 75.1 Å². The molecule has 0 amide bonds. The van der Waals surface area contributed by atoms with Gasteiger partial charge in [-0.3, -0.25) is 4.99 Å². The number of hydrogen-bond acceptors (Lipinski definition) is 4. The standard InChI is InChI=1S/C19H31N3O3.HI/c1-3-20-19(22-15(2)13-25-18-9-10-24-14-18)21-12-17(23)11-16-7-5-4-6-8-16;/h4-8,15,17-18,23H,3,9-14H2,1-2H3,(H2,20,21,22);1H. The molecule has 0 saturated carbocycles. The van der Waals surface area contributed by atoms with Crippen molar-refractivity contribution in [3.8, 4) is 0 Å². The highest BCUT2D eigenvalue weighted by Crippen LogP contribution is 2.08. The van der Waals surface area contributed by atoms with Gasteiger partial charge in [0, 0.05) is 25.6 Å². The lowest BCUT2D eigenvalue weighted by atomic mass is 10.1. The first-order valence-corrected chi connectivity index (χ1v) is 9.13. The van der Waals surface area contributed by atoms with E-state index in [2.05, 4.69) is 22.5 Å². The Labute approximate surface area is 173 Å². The SMILES string of the molecule is CCNC(=NCC(O)Cc1ccccc1)NC(C)COC1CCOC1.I. The molecule has 0 radical (unpaired) electrons. The highest BCUT2D eigenvalue weighted by Gasteiger charge is 2.17. The van der Waals surface area contributed by atoms with Crippen LogP contribution in [0.3, 0.4) is 0 Å². The summed E-state index contributed by atoms with van der Waals surface area (Å²) >= 11 is 0. The first-order chi connectivity index (χ1) is 12.2. The molecule has 0 aliphatic carbocycles. The summed E-state index contributed by atoms with van der Waals surface area (Å²) in [5.41, 5.74) is 1.11. The average Bonchev–Trinajstić information content (AvgIpc) is 3.12. The molecule has 1 fully saturated rings. The van der Waals surface area contributed by atoms with Crippen molar-refractivity contribution in [1.29, 1.82) is 0 Å². The quantitative estimate of drug-likeness (QED) is 0.288. The van der Waals surface area contributed by atoms with Gasteiger partial charge in [-0.2, -0.15) is 0 Å². The van der Waals surface area contributed by atoms with Gasteiger partial charge in [0.15, 0.2) is 5.96 Å². The predicted molar refractivity (Wildman–Crippen MR) is 115 cm³/mol. The Morgan fingerprint density at radius 3 is 2.81 bits per heavy atom. The second-order valence-electron chi connectivity index (χ2n) is 6.43. The summed E-state index contributed by atoms with van der Waals surface area (Å²) in [7, 11) is 0. The summed E-state index contributed by atoms with van der Waals surface area (Å²) in [5, 5.41) is 16.7. The highest BCUT2D eigenvalue weighted by atomic mass is 127. The zero-order valence-electron chi connectivity index (χ0n) is 15.7. The molecule has 0 spiro atoms. The van der Waals surface area contributed by atoms with Gasteiger partial charge in [0.2, 0.25) is 0 Å². The van der Waals surface area contributed by atoms with E-state index < -0.39 is 6.10 Å². The smallest absolute Gasteiger partial charge is 0.191 e. The molecule has 2 rings (SSSR count). The van der Waals surface area contributed by atoms with E-state index in [1.807, 2.05) is 37.3 Å². The molecular weight excluding hydrogens is 445 g/mol. The van der Waals surface area contributed by atoms with E-state index in [1.54, 1.807) is 0 Å². The molecule has 1 aromatic carbocycles. The monoisotopic (exact) mass is 477 g/mol. The zero-order chi connectivity index (χ0) is 17.9. The number of ether oxygens (including phenoxy) is 2. The van der Waals surface area contributed by atoms with Gasteiger partial charge < -0.3 is 25.2 Å². The van der Waals surface area contributed by atoms with E-state index in [1.165, 1.54) is 0 Å². The molecule has 1 saturated heterocycles. The number of hydrogen-bond donors (Lipinski definition) is 3. The molecule has 0 aromatic heterocycles. The second-order valence-corrected chi connectivity index (χ2v) is 6.43. The maximum atomic E-state index is 10.2. The van der Waals surface area contributed by atoms with Crippen LogP contribution in [0.25, 0.3) is 0 Å². The zero-order valence-corrected chi connectivity index (χ0v) is 18.0. The van der Waals surface area contributed by atoms with Crippen LogP contribution >= 0.6 is 24.0 Å². The Morgan fingerprint density at radius 1 is 1.38 bits per heavy atom. The number of guanidine groups is 1. The van der Waals surface area contributed by atoms with Gasteiger partial charge in [-0.05, 0) is 25.8 Å². The number of aliphatic hydroxyl groups is 1. The number of nitrogens with zero attached hydrogens (tertiary/aromatic N) is 1. The molecule has 26 heavy (non-hydrogen) atoms. The van der Waals surface area contributed by atoms with Crippen molar-refractivity contribution in [3.63, 3.8) is 0 Å². The van der Waals surface area contributed by atoms with E-state index in [0.717, 1.165) is 25.1 Å². The minimum atomic E-state index is -0.500. The average molecular weight is 477 g/mol. The molecule has 1 aromatic rings. The van der Waals surface area contributed by atoms with Crippen LogP contribution in [-0.4, -0.2) is 62.2 Å². The lowest BCUT2D eigenvalue weighted by Gasteiger charge is -2.20. The molecule has 3 unspecified atom stereocenters. The van der Waals surface area contributed by atoms with Crippen molar-refractivity contribution in [1.82, 2.24) is 10.6 Å². The molecule has 1 aliphatic rings. The lowest BCUT2D eigenvalue weighted by Crippen LogP contribution is -2.45. The Balaban J connectivity index is 0.00000338. The largest absolute Gasteiger partial charge is 0.391 e. The van der Waals surface area contributed by atoms with Crippen LogP contribution in [0.1, 0.15) is 25.8 Å². The number of nitrogens with one attached hydrogen (secondary N) is 2. The minimum Gasteiger partial charge on any atom is -0.391 e. The molecule has 148 valence electrons. The van der Waals surface area contributed by atoms with Crippen LogP contribution in [0, 0.1) is 0 Å². The number of aliphatic hydroxyl groups excluding tert-OH is 1. The first-order valence-electron chi connectivity index (χ1n) is 9.13. The third kappa shape index (κ3) is 9.16. The summed E-state index contributed by atoms with van der Waals surface area (Å²) in [6.07, 6.45) is 1.27. The highest BCUT2D eigenvalue weighted by molar-refractivity contribution is 14.0. The Hall–Kier alpha value is -0.900.